The number of rotatable bonds is 7. The van der Waals surface area contributed by atoms with E-state index in [9.17, 15) is 14.9 Å². The van der Waals surface area contributed by atoms with Gasteiger partial charge in [-0.1, -0.05) is 43.3 Å². The van der Waals surface area contributed by atoms with Crippen LogP contribution in [-0.4, -0.2) is 20.8 Å². The lowest BCUT2D eigenvalue weighted by Gasteiger charge is -2.23. The maximum atomic E-state index is 13.0. The first-order valence-electron chi connectivity index (χ1n) is 9.32. The summed E-state index contributed by atoms with van der Waals surface area (Å²) in [6.07, 6.45) is 4.35. The Bertz CT molecular complexity index is 975. The van der Waals surface area contributed by atoms with Crippen molar-refractivity contribution in [1.29, 1.82) is 0 Å². The van der Waals surface area contributed by atoms with E-state index in [-0.39, 0.29) is 11.7 Å². The normalized spacial score (nSPS) is 10.4. The third kappa shape index (κ3) is 5.62. The molecular formula is C22H22N4O3. The second-order valence-corrected chi connectivity index (χ2v) is 6.62. The van der Waals surface area contributed by atoms with Gasteiger partial charge in [0.2, 0.25) is 0 Å². The molecule has 0 unspecified atom stereocenters. The predicted molar refractivity (Wildman–Crippen MR) is 111 cm³/mol. The molecule has 1 heterocycles. The molecule has 3 rings (SSSR count). The topological polar surface area (TPSA) is 88.4 Å². The van der Waals surface area contributed by atoms with Gasteiger partial charge in [0.15, 0.2) is 0 Å². The van der Waals surface area contributed by atoms with E-state index in [0.29, 0.717) is 18.8 Å². The number of hydrogen-bond donors (Lipinski definition) is 1. The highest BCUT2D eigenvalue weighted by atomic mass is 16.6. The van der Waals surface area contributed by atoms with E-state index in [2.05, 4.69) is 29.4 Å². The molecule has 0 saturated carbocycles. The molecule has 7 nitrogen and oxygen atoms in total. The van der Waals surface area contributed by atoms with Gasteiger partial charge < -0.3 is 10.2 Å². The first kappa shape index (κ1) is 20.0. The average molecular weight is 390 g/mol. The number of anilines is 1. The van der Waals surface area contributed by atoms with Crippen LogP contribution in [-0.2, 0) is 19.5 Å². The number of nitro benzene ring substituents is 1. The molecule has 1 aromatic heterocycles. The van der Waals surface area contributed by atoms with Crippen molar-refractivity contribution in [2.45, 2.75) is 26.4 Å². The van der Waals surface area contributed by atoms with Crippen molar-refractivity contribution in [3.05, 3.63) is 99.9 Å². The molecular weight excluding hydrogens is 368 g/mol. The zero-order chi connectivity index (χ0) is 20.6. The summed E-state index contributed by atoms with van der Waals surface area (Å²) < 4.78 is 0. The van der Waals surface area contributed by atoms with Crippen LogP contribution < -0.4 is 5.32 Å². The summed E-state index contributed by atoms with van der Waals surface area (Å²) in [4.78, 5) is 29.2. The minimum absolute atomic E-state index is 0.0724. The monoisotopic (exact) mass is 390 g/mol. The van der Waals surface area contributed by atoms with Crippen molar-refractivity contribution < 1.29 is 9.72 Å². The molecule has 2 aromatic carbocycles. The standard InChI is InChI=1S/C22H22N4O3/c1-2-17-8-10-18(11-9-17)15-25(16-19-5-4-12-23-14-19)22(27)24-20-6-3-7-21(13-20)26(28)29/h3-14H,2,15-16H2,1H3,(H,24,27). The molecule has 0 fully saturated rings. The van der Waals surface area contributed by atoms with Crippen LogP contribution in [0.2, 0.25) is 0 Å². The molecule has 0 saturated heterocycles. The van der Waals surface area contributed by atoms with Crippen molar-refractivity contribution in [3.63, 3.8) is 0 Å². The van der Waals surface area contributed by atoms with Gasteiger partial charge in [-0.3, -0.25) is 15.1 Å². The first-order chi connectivity index (χ1) is 14.0. The van der Waals surface area contributed by atoms with Gasteiger partial charge in [0, 0.05) is 43.3 Å². The molecule has 0 atom stereocenters. The number of hydrogen-bond acceptors (Lipinski definition) is 4. The van der Waals surface area contributed by atoms with Crippen LogP contribution >= 0.6 is 0 Å². The number of nitrogens with zero attached hydrogens (tertiary/aromatic N) is 3. The number of non-ortho nitro benzene ring substituents is 1. The lowest BCUT2D eigenvalue weighted by atomic mass is 10.1. The molecule has 0 bridgehead atoms. The Morgan fingerprint density at radius 2 is 1.76 bits per heavy atom. The Morgan fingerprint density at radius 3 is 2.41 bits per heavy atom. The van der Waals surface area contributed by atoms with Gasteiger partial charge in [-0.05, 0) is 35.2 Å². The summed E-state index contributed by atoms with van der Waals surface area (Å²) in [6, 6.07) is 17.4. The molecule has 1 N–H and O–H groups in total. The molecule has 0 spiro atoms. The van der Waals surface area contributed by atoms with Crippen LogP contribution in [0.25, 0.3) is 0 Å². The minimum Gasteiger partial charge on any atom is -0.316 e. The molecule has 3 aromatic rings. The maximum absolute atomic E-state index is 13.0. The zero-order valence-electron chi connectivity index (χ0n) is 16.1. The number of aromatic nitrogens is 1. The number of benzene rings is 2. The molecule has 0 aliphatic heterocycles. The smallest absolute Gasteiger partial charge is 0.316 e. The highest BCUT2D eigenvalue weighted by molar-refractivity contribution is 5.89. The Hall–Kier alpha value is -3.74. The van der Waals surface area contributed by atoms with Gasteiger partial charge in [0.1, 0.15) is 0 Å². The largest absolute Gasteiger partial charge is 0.322 e. The second-order valence-electron chi connectivity index (χ2n) is 6.62. The Balaban J connectivity index is 1.79. The fourth-order valence-electron chi connectivity index (χ4n) is 2.91. The van der Waals surface area contributed by atoms with Crippen LogP contribution in [0, 0.1) is 10.1 Å². The van der Waals surface area contributed by atoms with E-state index in [0.717, 1.165) is 17.5 Å². The van der Waals surface area contributed by atoms with Crippen LogP contribution in [0.5, 0.6) is 0 Å². The van der Waals surface area contributed by atoms with Gasteiger partial charge in [-0.2, -0.15) is 0 Å². The number of carbonyl (C=O) groups is 1. The van der Waals surface area contributed by atoms with Gasteiger partial charge >= 0.3 is 6.03 Å². The summed E-state index contributed by atoms with van der Waals surface area (Å²) in [5.41, 5.74) is 3.43. The Labute approximate surface area is 169 Å². The third-order valence-electron chi connectivity index (χ3n) is 4.50. The number of amides is 2. The fourth-order valence-corrected chi connectivity index (χ4v) is 2.91. The van der Waals surface area contributed by atoms with E-state index in [1.54, 1.807) is 29.4 Å². The molecule has 29 heavy (non-hydrogen) atoms. The summed E-state index contributed by atoms with van der Waals surface area (Å²) in [5.74, 6) is 0. The van der Waals surface area contributed by atoms with Crippen molar-refractivity contribution in [3.8, 4) is 0 Å². The number of pyridine rings is 1. The quantitative estimate of drug-likeness (QED) is 0.464. The highest BCUT2D eigenvalue weighted by Gasteiger charge is 2.16. The number of nitrogens with one attached hydrogen (secondary N) is 1. The van der Waals surface area contributed by atoms with Crippen LogP contribution in [0.15, 0.2) is 73.1 Å². The van der Waals surface area contributed by atoms with Gasteiger partial charge in [0.25, 0.3) is 5.69 Å². The minimum atomic E-state index is -0.488. The van der Waals surface area contributed by atoms with Crippen molar-refractivity contribution in [2.75, 3.05) is 5.32 Å². The van der Waals surface area contributed by atoms with E-state index in [1.807, 2.05) is 24.3 Å². The van der Waals surface area contributed by atoms with Crippen LogP contribution in [0.1, 0.15) is 23.6 Å². The predicted octanol–water partition coefficient (Wildman–Crippen LogP) is 4.79. The Kier molecular flexibility index (Phi) is 6.52. The van der Waals surface area contributed by atoms with Crippen molar-refractivity contribution in [1.82, 2.24) is 9.88 Å². The number of urea groups is 1. The summed E-state index contributed by atoms with van der Waals surface area (Å²) in [5, 5.41) is 13.7. The number of carbonyl (C=O) groups excluding carboxylic acids is 1. The van der Waals surface area contributed by atoms with E-state index in [4.69, 9.17) is 0 Å². The van der Waals surface area contributed by atoms with E-state index in [1.165, 1.54) is 17.7 Å². The third-order valence-corrected chi connectivity index (χ3v) is 4.50. The number of aryl methyl sites for hydroxylation is 1. The summed E-state index contributed by atoms with van der Waals surface area (Å²) in [6.45, 7) is 2.86. The molecule has 148 valence electrons. The van der Waals surface area contributed by atoms with Crippen LogP contribution in [0.4, 0.5) is 16.2 Å². The molecule has 7 heteroatoms. The van der Waals surface area contributed by atoms with E-state index < -0.39 is 4.92 Å². The second kappa shape index (κ2) is 9.45. The van der Waals surface area contributed by atoms with Gasteiger partial charge in [-0.15, -0.1) is 0 Å². The first-order valence-corrected chi connectivity index (χ1v) is 9.32. The molecule has 2 amide bonds. The highest BCUT2D eigenvalue weighted by Crippen LogP contribution is 2.19. The number of nitro groups is 1. The lowest BCUT2D eigenvalue weighted by molar-refractivity contribution is -0.384. The Morgan fingerprint density at radius 1 is 1.03 bits per heavy atom. The van der Waals surface area contributed by atoms with Crippen LogP contribution in [0.3, 0.4) is 0 Å². The average Bonchev–Trinajstić information content (AvgIpc) is 2.74. The lowest BCUT2D eigenvalue weighted by Crippen LogP contribution is -2.34. The van der Waals surface area contributed by atoms with Gasteiger partial charge in [0.05, 0.1) is 4.92 Å². The molecule has 0 aliphatic rings. The van der Waals surface area contributed by atoms with Crippen molar-refractivity contribution in [2.24, 2.45) is 0 Å². The fraction of sp³-hybridized carbons (Fsp3) is 0.182. The SMILES string of the molecule is CCc1ccc(CN(Cc2cccnc2)C(=O)Nc2cccc([N+](=O)[O-])c2)cc1. The van der Waals surface area contributed by atoms with E-state index >= 15 is 0 Å². The molecule has 0 radical (unpaired) electrons. The summed E-state index contributed by atoms with van der Waals surface area (Å²) >= 11 is 0. The van der Waals surface area contributed by atoms with Gasteiger partial charge in [-0.25, -0.2) is 4.79 Å². The van der Waals surface area contributed by atoms with Crippen molar-refractivity contribution >= 4 is 17.4 Å². The maximum Gasteiger partial charge on any atom is 0.322 e. The molecule has 0 aliphatic carbocycles. The zero-order valence-corrected chi connectivity index (χ0v) is 16.1. The summed E-state index contributed by atoms with van der Waals surface area (Å²) in [7, 11) is 0.